The number of hydrogen-bond acceptors (Lipinski definition) is 4. The van der Waals surface area contributed by atoms with Gasteiger partial charge in [0.05, 0.1) is 5.92 Å². The Balaban J connectivity index is 3.35. The largest absolute Gasteiger partial charge is 0.481 e. The number of nitrogens with zero attached hydrogens (tertiary/aromatic N) is 3. The maximum absolute atomic E-state index is 12.0. The first-order chi connectivity index (χ1) is 9.70. The molecule has 1 aromatic heterocycles. The van der Waals surface area contributed by atoms with Crippen molar-refractivity contribution >= 4 is 11.9 Å². The average molecular weight is 295 g/mol. The summed E-state index contributed by atoms with van der Waals surface area (Å²) in [5, 5.41) is 9.16. The highest BCUT2D eigenvalue weighted by atomic mass is 16.4. The number of aryl methyl sites for hydroxylation is 1. The van der Waals surface area contributed by atoms with E-state index in [9.17, 15) is 14.4 Å². The van der Waals surface area contributed by atoms with Crippen molar-refractivity contribution in [3.8, 4) is 0 Å². The van der Waals surface area contributed by atoms with Crippen LogP contribution in [0.25, 0.3) is 0 Å². The summed E-state index contributed by atoms with van der Waals surface area (Å²) >= 11 is 0. The fraction of sp³-hybridized carbons (Fsp3) is 0.571. The third kappa shape index (κ3) is 3.48. The fourth-order valence-electron chi connectivity index (χ4n) is 2.18. The Kier molecular flexibility index (Phi) is 5.23. The highest BCUT2D eigenvalue weighted by Gasteiger charge is 2.23. The molecular formula is C14H21N3O4. The summed E-state index contributed by atoms with van der Waals surface area (Å²) in [7, 11) is 1.64. The SMILES string of the molecule is CCN(C)C(=O)Cn1c(C)c(C(C)C(=O)O)c(C)nc1=O. The number of hydrogen-bond donors (Lipinski definition) is 1. The van der Waals surface area contributed by atoms with Crippen molar-refractivity contribution in [2.75, 3.05) is 13.6 Å². The second-order valence-electron chi connectivity index (χ2n) is 5.03. The van der Waals surface area contributed by atoms with Crippen molar-refractivity contribution in [1.82, 2.24) is 14.5 Å². The Morgan fingerprint density at radius 2 is 1.95 bits per heavy atom. The average Bonchev–Trinajstić information content (AvgIpc) is 2.41. The standard InChI is InChI=1S/C14H21N3O4/c1-6-16(5)11(18)7-17-10(4)12(8(2)13(19)20)9(3)15-14(17)21/h8H,6-7H2,1-5H3,(H,19,20). The summed E-state index contributed by atoms with van der Waals surface area (Å²) in [5.74, 6) is -2.00. The lowest BCUT2D eigenvalue weighted by Gasteiger charge is -2.20. The number of aliphatic carboxylic acids is 1. The van der Waals surface area contributed by atoms with Crippen molar-refractivity contribution < 1.29 is 14.7 Å². The number of carbonyl (C=O) groups is 2. The normalized spacial score (nSPS) is 12.0. The minimum atomic E-state index is -0.995. The molecule has 0 radical (unpaired) electrons. The molecule has 0 spiro atoms. The monoisotopic (exact) mass is 295 g/mol. The lowest BCUT2D eigenvalue weighted by molar-refractivity contribution is -0.138. The highest BCUT2D eigenvalue weighted by Crippen LogP contribution is 2.21. The number of likely N-dealkylation sites (N-methyl/N-ethyl adjacent to an activating group) is 1. The van der Waals surface area contributed by atoms with Gasteiger partial charge < -0.3 is 10.0 Å². The summed E-state index contributed by atoms with van der Waals surface area (Å²) in [6.45, 7) is 7.01. The van der Waals surface area contributed by atoms with Gasteiger partial charge in [-0.25, -0.2) is 4.79 Å². The molecule has 1 amide bonds. The van der Waals surface area contributed by atoms with Gasteiger partial charge in [0.2, 0.25) is 5.91 Å². The predicted molar refractivity (Wildman–Crippen MR) is 77.3 cm³/mol. The molecule has 1 heterocycles. The minimum absolute atomic E-state index is 0.137. The summed E-state index contributed by atoms with van der Waals surface area (Å²) < 4.78 is 1.23. The zero-order valence-corrected chi connectivity index (χ0v) is 13.0. The van der Waals surface area contributed by atoms with E-state index >= 15 is 0 Å². The zero-order valence-electron chi connectivity index (χ0n) is 13.0. The quantitative estimate of drug-likeness (QED) is 0.855. The number of carboxylic acids is 1. The molecule has 0 aliphatic heterocycles. The first-order valence-electron chi connectivity index (χ1n) is 6.75. The van der Waals surface area contributed by atoms with Crippen LogP contribution in [-0.2, 0) is 16.1 Å². The van der Waals surface area contributed by atoms with E-state index < -0.39 is 17.6 Å². The molecule has 1 unspecified atom stereocenters. The van der Waals surface area contributed by atoms with E-state index in [0.717, 1.165) is 0 Å². The fourth-order valence-corrected chi connectivity index (χ4v) is 2.18. The van der Waals surface area contributed by atoms with Crippen molar-refractivity contribution in [3.63, 3.8) is 0 Å². The van der Waals surface area contributed by atoms with Crippen LogP contribution in [0.2, 0.25) is 0 Å². The van der Waals surface area contributed by atoms with Crippen LogP contribution in [0.4, 0.5) is 0 Å². The summed E-state index contributed by atoms with van der Waals surface area (Å²) in [6, 6.07) is 0. The van der Waals surface area contributed by atoms with Crippen molar-refractivity contribution in [2.24, 2.45) is 0 Å². The first kappa shape index (κ1) is 16.9. The molecule has 1 N–H and O–H groups in total. The summed E-state index contributed by atoms with van der Waals surface area (Å²) in [4.78, 5) is 40.5. The Morgan fingerprint density at radius 3 is 2.43 bits per heavy atom. The summed E-state index contributed by atoms with van der Waals surface area (Å²) in [5.41, 5.74) is 0.804. The Hall–Kier alpha value is -2.18. The number of rotatable bonds is 5. The molecule has 0 bridgehead atoms. The van der Waals surface area contributed by atoms with Crippen molar-refractivity contribution in [2.45, 2.75) is 40.2 Å². The molecule has 0 fully saturated rings. The molecule has 0 aromatic carbocycles. The van der Waals surface area contributed by atoms with Crippen LogP contribution in [0.1, 0.15) is 36.7 Å². The molecule has 7 nitrogen and oxygen atoms in total. The van der Waals surface area contributed by atoms with Gasteiger partial charge in [-0.05, 0) is 27.7 Å². The van der Waals surface area contributed by atoms with Gasteiger partial charge in [0, 0.05) is 30.5 Å². The Morgan fingerprint density at radius 1 is 1.38 bits per heavy atom. The molecule has 1 atom stereocenters. The molecule has 0 saturated carbocycles. The molecular weight excluding hydrogens is 274 g/mol. The topological polar surface area (TPSA) is 92.5 Å². The van der Waals surface area contributed by atoms with Gasteiger partial charge in [0.15, 0.2) is 0 Å². The van der Waals surface area contributed by atoms with Gasteiger partial charge in [-0.1, -0.05) is 0 Å². The Bertz CT molecular complexity index is 621. The van der Waals surface area contributed by atoms with E-state index in [0.29, 0.717) is 23.5 Å². The highest BCUT2D eigenvalue weighted by molar-refractivity contribution is 5.77. The minimum Gasteiger partial charge on any atom is -0.481 e. The van der Waals surface area contributed by atoms with Gasteiger partial charge in [0.25, 0.3) is 0 Å². The van der Waals surface area contributed by atoms with Gasteiger partial charge >= 0.3 is 11.7 Å². The third-order valence-electron chi connectivity index (χ3n) is 3.68. The van der Waals surface area contributed by atoms with Crippen LogP contribution < -0.4 is 5.69 Å². The molecule has 1 rings (SSSR count). The van der Waals surface area contributed by atoms with E-state index in [4.69, 9.17) is 5.11 Å². The van der Waals surface area contributed by atoms with E-state index in [1.807, 2.05) is 6.92 Å². The van der Waals surface area contributed by atoms with E-state index in [1.54, 1.807) is 20.9 Å². The van der Waals surface area contributed by atoms with Crippen molar-refractivity contribution in [1.29, 1.82) is 0 Å². The number of carbonyl (C=O) groups excluding carboxylic acids is 1. The van der Waals surface area contributed by atoms with E-state index in [-0.39, 0.29) is 12.5 Å². The predicted octanol–water partition coefficient (Wildman–Crippen LogP) is 0.527. The second kappa shape index (κ2) is 6.51. The van der Waals surface area contributed by atoms with Gasteiger partial charge in [0.1, 0.15) is 6.54 Å². The van der Waals surface area contributed by atoms with Crippen LogP contribution in [0.15, 0.2) is 4.79 Å². The molecule has 0 saturated heterocycles. The van der Waals surface area contributed by atoms with Crippen molar-refractivity contribution in [3.05, 3.63) is 27.4 Å². The maximum Gasteiger partial charge on any atom is 0.348 e. The zero-order chi connectivity index (χ0) is 16.3. The van der Waals surface area contributed by atoms with Gasteiger partial charge in [-0.15, -0.1) is 0 Å². The smallest absolute Gasteiger partial charge is 0.348 e. The van der Waals surface area contributed by atoms with Crippen LogP contribution >= 0.6 is 0 Å². The lowest BCUT2D eigenvalue weighted by atomic mass is 9.98. The lowest BCUT2D eigenvalue weighted by Crippen LogP contribution is -2.37. The molecule has 1 aromatic rings. The maximum atomic E-state index is 12.0. The summed E-state index contributed by atoms with van der Waals surface area (Å²) in [6.07, 6.45) is 0. The number of aromatic nitrogens is 2. The van der Waals surface area contributed by atoms with Crippen LogP contribution in [-0.4, -0.2) is 45.0 Å². The number of carboxylic acid groups (broad SMARTS) is 1. The molecule has 116 valence electrons. The molecule has 0 aliphatic carbocycles. The van der Waals surface area contributed by atoms with Crippen LogP contribution in [0.5, 0.6) is 0 Å². The van der Waals surface area contributed by atoms with Crippen LogP contribution in [0.3, 0.4) is 0 Å². The molecule has 7 heteroatoms. The first-order valence-corrected chi connectivity index (χ1v) is 6.75. The second-order valence-corrected chi connectivity index (χ2v) is 5.03. The molecule has 0 aliphatic rings. The van der Waals surface area contributed by atoms with Gasteiger partial charge in [-0.2, -0.15) is 4.98 Å². The third-order valence-corrected chi connectivity index (χ3v) is 3.68. The van der Waals surface area contributed by atoms with E-state index in [2.05, 4.69) is 4.98 Å². The van der Waals surface area contributed by atoms with E-state index in [1.165, 1.54) is 16.4 Å². The Labute approximate surface area is 123 Å². The number of amides is 1. The molecule has 21 heavy (non-hydrogen) atoms. The van der Waals surface area contributed by atoms with Gasteiger partial charge in [-0.3, -0.25) is 14.2 Å². The van der Waals surface area contributed by atoms with Crippen LogP contribution in [0, 0.1) is 13.8 Å².